The lowest BCUT2D eigenvalue weighted by Crippen LogP contribution is -2.14. The van der Waals surface area contributed by atoms with Gasteiger partial charge in [-0.2, -0.15) is 0 Å². The van der Waals surface area contributed by atoms with Gasteiger partial charge in [0.25, 0.3) is 0 Å². The van der Waals surface area contributed by atoms with Crippen LogP contribution in [0.1, 0.15) is 12.5 Å². The van der Waals surface area contributed by atoms with Gasteiger partial charge in [0.2, 0.25) is 0 Å². The van der Waals surface area contributed by atoms with Gasteiger partial charge >= 0.3 is 0 Å². The second-order valence-electron chi connectivity index (χ2n) is 3.26. The monoisotopic (exact) mass is 185 g/mol. The SMILES string of the molecule is C[C@@H](CN)Cc1cccc(F)c1F. The average Bonchev–Trinajstić information content (AvgIpc) is 2.13. The molecule has 72 valence electrons. The molecule has 3 heteroatoms. The summed E-state index contributed by atoms with van der Waals surface area (Å²) < 4.78 is 25.8. The summed E-state index contributed by atoms with van der Waals surface area (Å²) >= 11 is 0. The zero-order chi connectivity index (χ0) is 9.84. The standard InChI is InChI=1S/C10H13F2N/c1-7(6-13)5-8-3-2-4-9(11)10(8)12/h2-4,7H,5-6,13H2,1H3/t7-/m1/s1. The smallest absolute Gasteiger partial charge is 0.162 e. The molecule has 0 spiro atoms. The van der Waals surface area contributed by atoms with Gasteiger partial charge in [0.05, 0.1) is 0 Å². The lowest BCUT2D eigenvalue weighted by atomic mass is 10.0. The molecule has 0 saturated heterocycles. The van der Waals surface area contributed by atoms with Crippen molar-refractivity contribution in [3.05, 3.63) is 35.4 Å². The van der Waals surface area contributed by atoms with Crippen LogP contribution in [-0.4, -0.2) is 6.54 Å². The minimum Gasteiger partial charge on any atom is -0.330 e. The first kappa shape index (κ1) is 10.1. The fraction of sp³-hybridized carbons (Fsp3) is 0.400. The molecule has 0 aromatic heterocycles. The van der Waals surface area contributed by atoms with Crippen molar-refractivity contribution in [1.82, 2.24) is 0 Å². The first-order chi connectivity index (χ1) is 6.15. The molecule has 1 atom stereocenters. The van der Waals surface area contributed by atoms with E-state index in [0.29, 0.717) is 18.5 Å². The molecule has 0 saturated carbocycles. The Hall–Kier alpha value is -0.960. The topological polar surface area (TPSA) is 26.0 Å². The maximum atomic E-state index is 13.1. The van der Waals surface area contributed by atoms with Gasteiger partial charge in [-0.1, -0.05) is 19.1 Å². The molecule has 0 aliphatic carbocycles. The van der Waals surface area contributed by atoms with E-state index in [1.54, 1.807) is 6.07 Å². The van der Waals surface area contributed by atoms with E-state index in [9.17, 15) is 8.78 Å². The van der Waals surface area contributed by atoms with Crippen LogP contribution in [0.2, 0.25) is 0 Å². The predicted molar refractivity (Wildman–Crippen MR) is 48.3 cm³/mol. The van der Waals surface area contributed by atoms with Crippen molar-refractivity contribution in [1.29, 1.82) is 0 Å². The Morgan fingerprint density at radius 3 is 2.69 bits per heavy atom. The number of hydrogen-bond acceptors (Lipinski definition) is 1. The lowest BCUT2D eigenvalue weighted by molar-refractivity contribution is 0.485. The van der Waals surface area contributed by atoms with E-state index in [2.05, 4.69) is 0 Å². The fourth-order valence-corrected chi connectivity index (χ4v) is 1.16. The molecule has 1 aromatic rings. The molecule has 0 heterocycles. The molecular weight excluding hydrogens is 172 g/mol. The third-order valence-electron chi connectivity index (χ3n) is 2.00. The molecule has 13 heavy (non-hydrogen) atoms. The van der Waals surface area contributed by atoms with Crippen LogP contribution < -0.4 is 5.73 Å². The predicted octanol–water partition coefficient (Wildman–Crippen LogP) is 2.10. The quantitative estimate of drug-likeness (QED) is 0.766. The van der Waals surface area contributed by atoms with Crippen LogP contribution >= 0.6 is 0 Å². The maximum Gasteiger partial charge on any atom is 0.162 e. The number of halogens is 2. The third-order valence-corrected chi connectivity index (χ3v) is 2.00. The summed E-state index contributed by atoms with van der Waals surface area (Å²) in [6.07, 6.45) is 0.486. The Labute approximate surface area is 76.6 Å². The molecule has 0 aliphatic rings. The lowest BCUT2D eigenvalue weighted by Gasteiger charge is -2.08. The van der Waals surface area contributed by atoms with Gasteiger partial charge in [0.15, 0.2) is 11.6 Å². The van der Waals surface area contributed by atoms with Crippen molar-refractivity contribution < 1.29 is 8.78 Å². The molecule has 0 fully saturated rings. The Balaban J connectivity index is 2.83. The highest BCUT2D eigenvalue weighted by atomic mass is 19.2. The molecule has 1 aromatic carbocycles. The van der Waals surface area contributed by atoms with Crippen molar-refractivity contribution in [3.63, 3.8) is 0 Å². The van der Waals surface area contributed by atoms with Crippen molar-refractivity contribution in [2.45, 2.75) is 13.3 Å². The highest BCUT2D eigenvalue weighted by Crippen LogP contribution is 2.14. The Morgan fingerprint density at radius 1 is 1.38 bits per heavy atom. The molecule has 1 rings (SSSR count). The van der Waals surface area contributed by atoms with Crippen molar-refractivity contribution >= 4 is 0 Å². The van der Waals surface area contributed by atoms with E-state index >= 15 is 0 Å². The summed E-state index contributed by atoms with van der Waals surface area (Å²) in [5.74, 6) is -1.36. The molecule has 0 unspecified atom stereocenters. The van der Waals surface area contributed by atoms with E-state index in [4.69, 9.17) is 5.73 Å². The third kappa shape index (κ3) is 2.49. The van der Waals surface area contributed by atoms with Gasteiger partial charge in [-0.05, 0) is 30.5 Å². The van der Waals surface area contributed by atoms with Crippen LogP contribution in [-0.2, 0) is 6.42 Å². The molecule has 0 amide bonds. The van der Waals surface area contributed by atoms with Crippen LogP contribution in [0.15, 0.2) is 18.2 Å². The van der Waals surface area contributed by atoms with Crippen molar-refractivity contribution in [2.75, 3.05) is 6.54 Å². The van der Waals surface area contributed by atoms with Gasteiger partial charge in [0.1, 0.15) is 0 Å². The molecule has 0 aliphatic heterocycles. The van der Waals surface area contributed by atoms with E-state index in [0.717, 1.165) is 6.07 Å². The highest BCUT2D eigenvalue weighted by molar-refractivity contribution is 5.19. The minimum atomic E-state index is -0.790. The summed E-state index contributed by atoms with van der Waals surface area (Å²) in [5.41, 5.74) is 5.79. The van der Waals surface area contributed by atoms with Crippen LogP contribution in [0, 0.1) is 17.6 Å². The van der Waals surface area contributed by atoms with Gasteiger partial charge in [-0.25, -0.2) is 8.78 Å². The van der Waals surface area contributed by atoms with Gasteiger partial charge < -0.3 is 5.73 Å². The first-order valence-corrected chi connectivity index (χ1v) is 4.28. The number of benzene rings is 1. The first-order valence-electron chi connectivity index (χ1n) is 4.28. The summed E-state index contributed by atoms with van der Waals surface area (Å²) in [6, 6.07) is 4.22. The average molecular weight is 185 g/mol. The summed E-state index contributed by atoms with van der Waals surface area (Å²) in [6.45, 7) is 2.39. The highest BCUT2D eigenvalue weighted by Gasteiger charge is 2.09. The van der Waals surface area contributed by atoms with E-state index in [1.165, 1.54) is 6.07 Å². The molecular formula is C10H13F2N. The molecule has 0 bridgehead atoms. The summed E-state index contributed by atoms with van der Waals surface area (Å²) in [4.78, 5) is 0. The van der Waals surface area contributed by atoms with Gasteiger partial charge in [-0.15, -0.1) is 0 Å². The van der Waals surface area contributed by atoms with Crippen molar-refractivity contribution in [2.24, 2.45) is 11.7 Å². The van der Waals surface area contributed by atoms with Crippen LogP contribution in [0.5, 0.6) is 0 Å². The maximum absolute atomic E-state index is 13.1. The molecule has 2 N–H and O–H groups in total. The second kappa shape index (κ2) is 4.33. The Morgan fingerprint density at radius 2 is 2.08 bits per heavy atom. The van der Waals surface area contributed by atoms with E-state index in [1.807, 2.05) is 6.92 Å². The Bertz CT molecular complexity index is 286. The molecule has 1 nitrogen and oxygen atoms in total. The normalized spacial score (nSPS) is 12.9. The van der Waals surface area contributed by atoms with Gasteiger partial charge in [0, 0.05) is 0 Å². The van der Waals surface area contributed by atoms with E-state index in [-0.39, 0.29) is 5.92 Å². The number of hydrogen-bond donors (Lipinski definition) is 1. The number of nitrogens with two attached hydrogens (primary N) is 1. The minimum absolute atomic E-state index is 0.177. The van der Waals surface area contributed by atoms with Crippen LogP contribution in [0.4, 0.5) is 8.78 Å². The zero-order valence-corrected chi connectivity index (χ0v) is 7.56. The second-order valence-corrected chi connectivity index (χ2v) is 3.26. The number of rotatable bonds is 3. The Kier molecular flexibility index (Phi) is 3.37. The van der Waals surface area contributed by atoms with E-state index < -0.39 is 11.6 Å². The van der Waals surface area contributed by atoms with Gasteiger partial charge in [-0.3, -0.25) is 0 Å². The fourth-order valence-electron chi connectivity index (χ4n) is 1.16. The molecule has 0 radical (unpaired) electrons. The zero-order valence-electron chi connectivity index (χ0n) is 7.56. The van der Waals surface area contributed by atoms with Crippen molar-refractivity contribution in [3.8, 4) is 0 Å². The van der Waals surface area contributed by atoms with Crippen LogP contribution in [0.25, 0.3) is 0 Å². The summed E-state index contributed by atoms with van der Waals surface area (Å²) in [7, 11) is 0. The van der Waals surface area contributed by atoms with Crippen LogP contribution in [0.3, 0.4) is 0 Å². The largest absolute Gasteiger partial charge is 0.330 e. The summed E-state index contributed by atoms with van der Waals surface area (Å²) in [5, 5.41) is 0.